The molecule has 1 unspecified atom stereocenters. The first-order chi connectivity index (χ1) is 9.97. The molecule has 1 aliphatic rings. The van der Waals surface area contributed by atoms with Crippen molar-refractivity contribution in [3.63, 3.8) is 0 Å². The van der Waals surface area contributed by atoms with E-state index in [1.54, 1.807) is 4.90 Å². The first-order valence-electron chi connectivity index (χ1n) is 6.69. The van der Waals surface area contributed by atoms with Crippen LogP contribution in [0, 0.1) is 11.6 Å². The molecule has 1 aromatic carbocycles. The summed E-state index contributed by atoms with van der Waals surface area (Å²) in [6.45, 7) is 0.443. The van der Waals surface area contributed by atoms with E-state index in [2.05, 4.69) is 5.32 Å². The van der Waals surface area contributed by atoms with Crippen molar-refractivity contribution in [3.05, 3.63) is 29.8 Å². The SMILES string of the molecule is Cl.O=C(CN1CCCCC1C(=O)O)Nc1ccc(F)c(F)c1. The summed E-state index contributed by atoms with van der Waals surface area (Å²) in [7, 11) is 0. The Morgan fingerprint density at radius 3 is 2.64 bits per heavy atom. The molecule has 5 nitrogen and oxygen atoms in total. The molecular weight excluding hydrogens is 318 g/mol. The number of carbonyl (C=O) groups excluding carboxylic acids is 1. The highest BCUT2D eigenvalue weighted by atomic mass is 35.5. The zero-order chi connectivity index (χ0) is 15.4. The van der Waals surface area contributed by atoms with Gasteiger partial charge in [-0.05, 0) is 31.5 Å². The summed E-state index contributed by atoms with van der Waals surface area (Å²) in [6.07, 6.45) is 2.16. The van der Waals surface area contributed by atoms with E-state index in [1.165, 1.54) is 6.07 Å². The number of carboxylic acids is 1. The molecule has 1 saturated heterocycles. The van der Waals surface area contributed by atoms with Crippen LogP contribution >= 0.6 is 12.4 Å². The van der Waals surface area contributed by atoms with Gasteiger partial charge in [-0.3, -0.25) is 14.5 Å². The number of piperidine rings is 1. The number of aliphatic carboxylic acids is 1. The van der Waals surface area contributed by atoms with Crippen LogP contribution in [0.2, 0.25) is 0 Å². The molecule has 0 spiro atoms. The van der Waals surface area contributed by atoms with E-state index < -0.39 is 29.6 Å². The summed E-state index contributed by atoms with van der Waals surface area (Å²) in [5.41, 5.74) is 0.141. The Kier molecular flexibility index (Phi) is 6.70. The fraction of sp³-hybridized carbons (Fsp3) is 0.429. The van der Waals surface area contributed by atoms with Crippen molar-refractivity contribution in [1.82, 2.24) is 4.90 Å². The second-order valence-electron chi connectivity index (χ2n) is 5.00. The molecule has 0 bridgehead atoms. The smallest absolute Gasteiger partial charge is 0.320 e. The van der Waals surface area contributed by atoms with Gasteiger partial charge in [-0.25, -0.2) is 8.78 Å². The molecule has 1 heterocycles. The molecule has 1 amide bonds. The molecular formula is C14H17ClF2N2O3. The Morgan fingerprint density at radius 2 is 2.00 bits per heavy atom. The van der Waals surface area contributed by atoms with Crippen molar-refractivity contribution < 1.29 is 23.5 Å². The third kappa shape index (κ3) is 4.64. The van der Waals surface area contributed by atoms with Gasteiger partial charge in [-0.1, -0.05) is 6.42 Å². The molecule has 1 aliphatic heterocycles. The van der Waals surface area contributed by atoms with E-state index in [0.29, 0.717) is 13.0 Å². The summed E-state index contributed by atoms with van der Waals surface area (Å²) < 4.78 is 25.8. The van der Waals surface area contributed by atoms with Crippen molar-refractivity contribution in [2.45, 2.75) is 25.3 Å². The Hall–Kier alpha value is -1.73. The molecule has 0 radical (unpaired) electrons. The van der Waals surface area contributed by atoms with Crippen LogP contribution in [0.4, 0.5) is 14.5 Å². The average Bonchev–Trinajstić information content (AvgIpc) is 2.43. The van der Waals surface area contributed by atoms with Crippen LogP contribution in [0.15, 0.2) is 18.2 Å². The topological polar surface area (TPSA) is 69.6 Å². The van der Waals surface area contributed by atoms with Gasteiger partial charge in [0.15, 0.2) is 11.6 Å². The van der Waals surface area contributed by atoms with Gasteiger partial charge in [0.05, 0.1) is 6.54 Å². The summed E-state index contributed by atoms with van der Waals surface area (Å²) in [4.78, 5) is 24.6. The molecule has 1 atom stereocenters. The van der Waals surface area contributed by atoms with Crippen molar-refractivity contribution in [2.75, 3.05) is 18.4 Å². The van der Waals surface area contributed by atoms with Crippen molar-refractivity contribution in [3.8, 4) is 0 Å². The molecule has 0 saturated carbocycles. The number of likely N-dealkylation sites (tertiary alicyclic amines) is 1. The third-order valence-corrected chi connectivity index (χ3v) is 3.45. The number of nitrogens with one attached hydrogen (secondary N) is 1. The summed E-state index contributed by atoms with van der Waals surface area (Å²) in [5, 5.41) is 11.6. The number of rotatable bonds is 4. The molecule has 2 N–H and O–H groups in total. The molecule has 1 fully saturated rings. The molecule has 122 valence electrons. The van der Waals surface area contributed by atoms with E-state index in [0.717, 1.165) is 25.0 Å². The Labute approximate surface area is 132 Å². The quantitative estimate of drug-likeness (QED) is 0.886. The number of benzene rings is 1. The fourth-order valence-corrected chi connectivity index (χ4v) is 2.42. The van der Waals surface area contributed by atoms with Gasteiger partial charge >= 0.3 is 5.97 Å². The van der Waals surface area contributed by atoms with Crippen LogP contribution in [0.3, 0.4) is 0 Å². The summed E-state index contributed by atoms with van der Waals surface area (Å²) in [5.74, 6) is -3.44. The zero-order valence-electron chi connectivity index (χ0n) is 11.7. The number of carboxylic acid groups (broad SMARTS) is 1. The van der Waals surface area contributed by atoms with Crippen LogP contribution in [-0.4, -0.2) is 41.0 Å². The number of nitrogens with zero attached hydrogens (tertiary/aromatic N) is 1. The predicted molar refractivity (Wildman–Crippen MR) is 79.1 cm³/mol. The highest BCUT2D eigenvalue weighted by molar-refractivity contribution is 5.92. The first-order valence-corrected chi connectivity index (χ1v) is 6.69. The second-order valence-corrected chi connectivity index (χ2v) is 5.00. The Balaban J connectivity index is 0.00000242. The van der Waals surface area contributed by atoms with Gasteiger partial charge in [0.2, 0.25) is 5.91 Å². The van der Waals surface area contributed by atoms with Crippen LogP contribution in [-0.2, 0) is 9.59 Å². The van der Waals surface area contributed by atoms with Gasteiger partial charge in [0, 0.05) is 11.8 Å². The zero-order valence-corrected chi connectivity index (χ0v) is 12.5. The van der Waals surface area contributed by atoms with E-state index in [1.807, 2.05) is 0 Å². The van der Waals surface area contributed by atoms with Crippen LogP contribution in [0.5, 0.6) is 0 Å². The summed E-state index contributed by atoms with van der Waals surface area (Å²) in [6, 6.07) is 2.39. The first kappa shape index (κ1) is 18.3. The van der Waals surface area contributed by atoms with Gasteiger partial charge < -0.3 is 10.4 Å². The number of hydrogen-bond acceptors (Lipinski definition) is 3. The monoisotopic (exact) mass is 334 g/mol. The van der Waals surface area contributed by atoms with Gasteiger partial charge in [-0.15, -0.1) is 12.4 Å². The summed E-state index contributed by atoms with van der Waals surface area (Å²) >= 11 is 0. The molecule has 2 rings (SSSR count). The maximum absolute atomic E-state index is 13.0. The number of carbonyl (C=O) groups is 2. The Morgan fingerprint density at radius 1 is 1.27 bits per heavy atom. The Bertz CT molecular complexity index is 557. The van der Waals surface area contributed by atoms with Crippen LogP contribution < -0.4 is 5.32 Å². The molecule has 8 heteroatoms. The normalized spacial score (nSPS) is 18.4. The maximum Gasteiger partial charge on any atom is 0.320 e. The largest absolute Gasteiger partial charge is 0.480 e. The van der Waals surface area contributed by atoms with E-state index in [9.17, 15) is 18.4 Å². The predicted octanol–water partition coefficient (Wildman–Crippen LogP) is 2.26. The molecule has 0 aromatic heterocycles. The minimum atomic E-state index is -1.05. The maximum atomic E-state index is 13.0. The van der Waals surface area contributed by atoms with Crippen molar-refractivity contribution in [1.29, 1.82) is 0 Å². The minimum absolute atomic E-state index is 0. The van der Waals surface area contributed by atoms with Gasteiger partial charge in [0.25, 0.3) is 0 Å². The number of hydrogen-bond donors (Lipinski definition) is 2. The van der Waals surface area contributed by atoms with E-state index in [-0.39, 0.29) is 24.6 Å². The van der Waals surface area contributed by atoms with Crippen LogP contribution in [0.25, 0.3) is 0 Å². The second kappa shape index (κ2) is 8.05. The van der Waals surface area contributed by atoms with Crippen molar-refractivity contribution >= 4 is 30.0 Å². The molecule has 22 heavy (non-hydrogen) atoms. The third-order valence-electron chi connectivity index (χ3n) is 3.45. The van der Waals surface area contributed by atoms with Gasteiger partial charge in [-0.2, -0.15) is 0 Å². The number of amides is 1. The highest BCUT2D eigenvalue weighted by Gasteiger charge is 2.29. The average molecular weight is 335 g/mol. The molecule has 0 aliphatic carbocycles. The van der Waals surface area contributed by atoms with Crippen molar-refractivity contribution in [2.24, 2.45) is 0 Å². The van der Waals surface area contributed by atoms with Crippen LogP contribution in [0.1, 0.15) is 19.3 Å². The lowest BCUT2D eigenvalue weighted by Crippen LogP contribution is -2.47. The standard InChI is InChI=1S/C14H16F2N2O3.ClH/c15-10-5-4-9(7-11(10)16)17-13(19)8-18-6-2-1-3-12(18)14(20)21;/h4-5,7,12H,1-3,6,8H2,(H,17,19)(H,20,21);1H. The lowest BCUT2D eigenvalue weighted by molar-refractivity contribution is -0.145. The number of anilines is 1. The van der Waals surface area contributed by atoms with Gasteiger partial charge in [0.1, 0.15) is 6.04 Å². The fourth-order valence-electron chi connectivity index (χ4n) is 2.42. The lowest BCUT2D eigenvalue weighted by atomic mass is 10.0. The van der Waals surface area contributed by atoms with E-state index in [4.69, 9.17) is 5.11 Å². The lowest BCUT2D eigenvalue weighted by Gasteiger charge is -2.32. The highest BCUT2D eigenvalue weighted by Crippen LogP contribution is 2.18. The number of halogens is 3. The minimum Gasteiger partial charge on any atom is -0.480 e. The van der Waals surface area contributed by atoms with E-state index >= 15 is 0 Å². The molecule has 1 aromatic rings.